The molecule has 0 bridgehead atoms. The number of hydrogen-bond acceptors (Lipinski definition) is 5. The van der Waals surface area contributed by atoms with Crippen LogP contribution in [0.2, 0.25) is 5.02 Å². The van der Waals surface area contributed by atoms with Gasteiger partial charge in [0, 0.05) is 37.7 Å². The molecule has 1 aliphatic heterocycles. The summed E-state index contributed by atoms with van der Waals surface area (Å²) in [4.78, 5) is 27.5. The summed E-state index contributed by atoms with van der Waals surface area (Å²) >= 11 is 5.79. The second kappa shape index (κ2) is 7.44. The Hall–Kier alpha value is -1.83. The van der Waals surface area contributed by atoms with E-state index in [-0.39, 0.29) is 18.0 Å². The van der Waals surface area contributed by atoms with E-state index in [9.17, 15) is 14.7 Å². The molecule has 0 atom stereocenters. The lowest BCUT2D eigenvalue weighted by Gasteiger charge is -2.33. The van der Waals surface area contributed by atoms with Crippen molar-refractivity contribution in [3.63, 3.8) is 0 Å². The number of benzene rings is 1. The Kier molecular flexibility index (Phi) is 5.59. The van der Waals surface area contributed by atoms with Crippen LogP contribution < -0.4 is 5.32 Å². The molecule has 0 saturated carbocycles. The highest BCUT2D eigenvalue weighted by molar-refractivity contribution is 6.40. The van der Waals surface area contributed by atoms with E-state index < -0.39 is 11.8 Å². The van der Waals surface area contributed by atoms with Crippen molar-refractivity contribution < 1.29 is 19.8 Å². The number of phenolic OH excluding ortho intramolecular Hbond substituents is 1. The van der Waals surface area contributed by atoms with Crippen LogP contribution in [0.1, 0.15) is 0 Å². The van der Waals surface area contributed by atoms with Gasteiger partial charge in [0.2, 0.25) is 0 Å². The lowest BCUT2D eigenvalue weighted by atomic mass is 10.2. The predicted molar refractivity (Wildman–Crippen MR) is 81.9 cm³/mol. The molecule has 3 N–H and O–H groups in total. The summed E-state index contributed by atoms with van der Waals surface area (Å²) in [7, 11) is 0. The van der Waals surface area contributed by atoms with Crippen molar-refractivity contribution in [2.24, 2.45) is 0 Å². The first kappa shape index (κ1) is 16.5. The van der Waals surface area contributed by atoms with Crippen LogP contribution in [-0.2, 0) is 9.59 Å². The van der Waals surface area contributed by atoms with E-state index in [0.717, 1.165) is 0 Å². The molecule has 1 aliphatic rings. The molecule has 0 radical (unpaired) electrons. The third kappa shape index (κ3) is 4.09. The number of piperazine rings is 1. The minimum atomic E-state index is -0.812. The third-order valence-electron chi connectivity index (χ3n) is 3.48. The van der Waals surface area contributed by atoms with E-state index in [0.29, 0.717) is 37.7 Å². The molecule has 2 amide bonds. The second-order valence-corrected chi connectivity index (χ2v) is 5.41. The van der Waals surface area contributed by atoms with Crippen LogP contribution in [0.5, 0.6) is 5.75 Å². The number of aliphatic hydroxyl groups is 1. The average molecular weight is 328 g/mol. The standard InChI is InChI=1S/C14H18ClN3O4/c15-10-1-2-12(20)11(9-10)16-13(21)14(22)18-5-3-17(4-6-18)7-8-19/h1-2,9,19-20H,3-8H2,(H,16,21). The molecule has 7 nitrogen and oxygen atoms in total. The Labute approximate surface area is 133 Å². The first-order chi connectivity index (χ1) is 10.5. The van der Waals surface area contributed by atoms with Crippen LogP contribution in [0.3, 0.4) is 0 Å². The summed E-state index contributed by atoms with van der Waals surface area (Å²) in [6, 6.07) is 4.20. The summed E-state index contributed by atoms with van der Waals surface area (Å²) in [5, 5.41) is 21.2. The molecule has 1 heterocycles. The SMILES string of the molecule is O=C(Nc1cc(Cl)ccc1O)C(=O)N1CCN(CCO)CC1. The van der Waals surface area contributed by atoms with Crippen molar-refractivity contribution in [1.82, 2.24) is 9.80 Å². The van der Waals surface area contributed by atoms with E-state index in [1.54, 1.807) is 0 Å². The summed E-state index contributed by atoms with van der Waals surface area (Å²) in [5.41, 5.74) is 0.102. The number of nitrogens with zero attached hydrogens (tertiary/aromatic N) is 2. The number of rotatable bonds is 3. The van der Waals surface area contributed by atoms with Gasteiger partial charge in [-0.2, -0.15) is 0 Å². The van der Waals surface area contributed by atoms with E-state index >= 15 is 0 Å². The summed E-state index contributed by atoms with van der Waals surface area (Å²) in [5.74, 6) is -1.62. The molecule has 0 aromatic heterocycles. The van der Waals surface area contributed by atoms with Gasteiger partial charge in [0.05, 0.1) is 12.3 Å². The van der Waals surface area contributed by atoms with Crippen molar-refractivity contribution in [2.75, 3.05) is 44.6 Å². The number of β-amino-alcohol motifs (C(OH)–C–C–N with tert-alkyl or cyclic N) is 1. The van der Waals surface area contributed by atoms with Gasteiger partial charge in [-0.3, -0.25) is 14.5 Å². The number of phenols is 1. The van der Waals surface area contributed by atoms with Crippen LogP contribution in [0.4, 0.5) is 5.69 Å². The first-order valence-corrected chi connectivity index (χ1v) is 7.31. The number of nitrogens with one attached hydrogen (secondary N) is 1. The van der Waals surface area contributed by atoms with E-state index in [2.05, 4.69) is 5.32 Å². The van der Waals surface area contributed by atoms with Crippen LogP contribution in [0.15, 0.2) is 18.2 Å². The quantitative estimate of drug-likeness (QED) is 0.542. The van der Waals surface area contributed by atoms with Gasteiger partial charge in [-0.05, 0) is 18.2 Å². The normalized spacial score (nSPS) is 15.6. The zero-order valence-electron chi connectivity index (χ0n) is 12.0. The van der Waals surface area contributed by atoms with Gasteiger partial charge in [0.25, 0.3) is 0 Å². The van der Waals surface area contributed by atoms with Crippen molar-refractivity contribution in [1.29, 1.82) is 0 Å². The smallest absolute Gasteiger partial charge is 0.314 e. The number of carbonyl (C=O) groups is 2. The van der Waals surface area contributed by atoms with Gasteiger partial charge in [-0.1, -0.05) is 11.6 Å². The van der Waals surface area contributed by atoms with E-state index in [4.69, 9.17) is 16.7 Å². The highest BCUT2D eigenvalue weighted by Gasteiger charge is 2.26. The molecule has 1 aromatic carbocycles. The number of carbonyl (C=O) groups excluding carboxylic acids is 2. The van der Waals surface area contributed by atoms with Crippen molar-refractivity contribution >= 4 is 29.1 Å². The van der Waals surface area contributed by atoms with Gasteiger partial charge < -0.3 is 20.4 Å². The third-order valence-corrected chi connectivity index (χ3v) is 3.71. The fourth-order valence-electron chi connectivity index (χ4n) is 2.24. The summed E-state index contributed by atoms with van der Waals surface area (Å²) in [6.45, 7) is 2.71. The Bertz CT molecular complexity index is 559. The summed E-state index contributed by atoms with van der Waals surface area (Å²) < 4.78 is 0. The minimum Gasteiger partial charge on any atom is -0.506 e. The Morgan fingerprint density at radius 2 is 1.91 bits per heavy atom. The van der Waals surface area contributed by atoms with Gasteiger partial charge in [0.1, 0.15) is 5.75 Å². The maximum absolute atomic E-state index is 12.1. The van der Waals surface area contributed by atoms with Gasteiger partial charge in [-0.15, -0.1) is 0 Å². The minimum absolute atomic E-state index is 0.0719. The number of aromatic hydroxyl groups is 1. The fraction of sp³-hybridized carbons (Fsp3) is 0.429. The number of anilines is 1. The largest absolute Gasteiger partial charge is 0.506 e. The molecule has 22 heavy (non-hydrogen) atoms. The first-order valence-electron chi connectivity index (χ1n) is 6.93. The Morgan fingerprint density at radius 1 is 1.23 bits per heavy atom. The van der Waals surface area contributed by atoms with Gasteiger partial charge in [-0.25, -0.2) is 0 Å². The Morgan fingerprint density at radius 3 is 2.55 bits per heavy atom. The number of amides is 2. The van der Waals surface area contributed by atoms with Crippen LogP contribution in [0, 0.1) is 0 Å². The average Bonchev–Trinajstić information content (AvgIpc) is 2.51. The highest BCUT2D eigenvalue weighted by atomic mass is 35.5. The molecule has 120 valence electrons. The van der Waals surface area contributed by atoms with Gasteiger partial charge in [0.15, 0.2) is 0 Å². The van der Waals surface area contributed by atoms with Crippen LogP contribution in [-0.4, -0.2) is 71.2 Å². The molecule has 1 saturated heterocycles. The second-order valence-electron chi connectivity index (χ2n) is 4.97. The molecule has 0 unspecified atom stereocenters. The monoisotopic (exact) mass is 327 g/mol. The highest BCUT2D eigenvalue weighted by Crippen LogP contribution is 2.26. The molecule has 1 fully saturated rings. The van der Waals surface area contributed by atoms with Crippen molar-refractivity contribution in [3.8, 4) is 5.75 Å². The zero-order valence-corrected chi connectivity index (χ0v) is 12.7. The zero-order chi connectivity index (χ0) is 16.1. The Balaban J connectivity index is 1.93. The van der Waals surface area contributed by atoms with E-state index in [1.165, 1.54) is 23.1 Å². The lowest BCUT2D eigenvalue weighted by molar-refractivity contribution is -0.144. The van der Waals surface area contributed by atoms with Crippen molar-refractivity contribution in [3.05, 3.63) is 23.2 Å². The molecule has 1 aromatic rings. The number of aliphatic hydroxyl groups excluding tert-OH is 1. The number of halogens is 1. The molecule has 0 aliphatic carbocycles. The number of hydrogen-bond donors (Lipinski definition) is 3. The van der Waals surface area contributed by atoms with E-state index in [1.807, 2.05) is 4.90 Å². The maximum Gasteiger partial charge on any atom is 0.314 e. The fourth-order valence-corrected chi connectivity index (χ4v) is 2.42. The van der Waals surface area contributed by atoms with Crippen LogP contribution in [0.25, 0.3) is 0 Å². The topological polar surface area (TPSA) is 93.1 Å². The predicted octanol–water partition coefficient (Wildman–Crippen LogP) is 0.121. The van der Waals surface area contributed by atoms with Crippen LogP contribution >= 0.6 is 11.6 Å². The van der Waals surface area contributed by atoms with Crippen molar-refractivity contribution in [2.45, 2.75) is 0 Å². The molecular weight excluding hydrogens is 310 g/mol. The molecule has 8 heteroatoms. The van der Waals surface area contributed by atoms with Gasteiger partial charge >= 0.3 is 11.8 Å². The molecule has 0 spiro atoms. The lowest BCUT2D eigenvalue weighted by Crippen LogP contribution is -2.52. The summed E-state index contributed by atoms with van der Waals surface area (Å²) in [6.07, 6.45) is 0. The molecule has 2 rings (SSSR count). The maximum atomic E-state index is 12.1. The molecular formula is C14H18ClN3O4.